The minimum atomic E-state index is -0.241. The molecule has 1 aromatic heterocycles. The summed E-state index contributed by atoms with van der Waals surface area (Å²) in [6.07, 6.45) is 2.24. The second kappa shape index (κ2) is 7.59. The molecule has 1 atom stereocenters. The van der Waals surface area contributed by atoms with Crippen LogP contribution in [0.25, 0.3) is 10.9 Å². The van der Waals surface area contributed by atoms with E-state index in [0.29, 0.717) is 15.6 Å². The molecule has 1 heterocycles. The van der Waals surface area contributed by atoms with Crippen LogP contribution in [0.3, 0.4) is 0 Å². The van der Waals surface area contributed by atoms with Gasteiger partial charge in [0.05, 0.1) is 0 Å². The zero-order valence-corrected chi connectivity index (χ0v) is 16.0. The van der Waals surface area contributed by atoms with Gasteiger partial charge in [-0.15, -0.1) is 0 Å². The first kappa shape index (κ1) is 17.8. The number of carbonyl (C=O) groups is 1. The van der Waals surface area contributed by atoms with E-state index < -0.39 is 0 Å². The number of ketones is 1. The number of Topliss-reactive ketones (excluding diaryl/α,β-unsaturated/α-hetero) is 1. The summed E-state index contributed by atoms with van der Waals surface area (Å²) in [7, 11) is 0. The number of fused-ring (bicyclic) bond motifs is 1. The fraction of sp³-hybridized carbons (Fsp3) is 0.0870. The smallest absolute Gasteiger partial charge is 0.163 e. The van der Waals surface area contributed by atoms with E-state index in [2.05, 4.69) is 4.98 Å². The van der Waals surface area contributed by atoms with Crippen LogP contribution in [0.4, 0.5) is 0 Å². The van der Waals surface area contributed by atoms with Crippen molar-refractivity contribution in [3.8, 4) is 0 Å². The highest BCUT2D eigenvalue weighted by atomic mass is 35.5. The van der Waals surface area contributed by atoms with Crippen LogP contribution in [0.5, 0.6) is 0 Å². The van der Waals surface area contributed by atoms with Gasteiger partial charge in [-0.2, -0.15) is 0 Å². The molecule has 4 rings (SSSR count). The molecule has 27 heavy (non-hydrogen) atoms. The molecule has 0 bridgehead atoms. The molecular formula is C23H17Cl2NO. The van der Waals surface area contributed by atoms with Crippen LogP contribution in [-0.4, -0.2) is 10.8 Å². The Morgan fingerprint density at radius 1 is 0.852 bits per heavy atom. The van der Waals surface area contributed by atoms with Crippen LogP contribution in [0, 0.1) is 0 Å². The molecule has 0 saturated heterocycles. The summed E-state index contributed by atoms with van der Waals surface area (Å²) < 4.78 is 0. The Morgan fingerprint density at radius 2 is 1.52 bits per heavy atom. The van der Waals surface area contributed by atoms with Crippen LogP contribution < -0.4 is 0 Å². The lowest BCUT2D eigenvalue weighted by Crippen LogP contribution is -2.10. The van der Waals surface area contributed by atoms with Gasteiger partial charge in [-0.3, -0.25) is 4.79 Å². The molecule has 0 saturated carbocycles. The zero-order chi connectivity index (χ0) is 18.8. The largest absolute Gasteiger partial charge is 0.361 e. The zero-order valence-electron chi connectivity index (χ0n) is 14.5. The third kappa shape index (κ3) is 3.51. The van der Waals surface area contributed by atoms with Gasteiger partial charge in [0.2, 0.25) is 0 Å². The van der Waals surface area contributed by atoms with Crippen molar-refractivity contribution in [1.82, 2.24) is 4.98 Å². The Labute approximate surface area is 167 Å². The molecule has 134 valence electrons. The Morgan fingerprint density at radius 3 is 2.26 bits per heavy atom. The number of aromatic nitrogens is 1. The van der Waals surface area contributed by atoms with E-state index in [0.717, 1.165) is 22.0 Å². The van der Waals surface area contributed by atoms with E-state index in [4.69, 9.17) is 23.2 Å². The van der Waals surface area contributed by atoms with Crippen molar-refractivity contribution in [2.45, 2.75) is 12.3 Å². The minimum Gasteiger partial charge on any atom is -0.361 e. The molecule has 0 aliphatic carbocycles. The fourth-order valence-corrected chi connectivity index (χ4v) is 4.18. The minimum absolute atomic E-state index is 0.0573. The van der Waals surface area contributed by atoms with Crippen molar-refractivity contribution in [2.24, 2.45) is 0 Å². The van der Waals surface area contributed by atoms with E-state index in [1.165, 1.54) is 0 Å². The molecule has 0 aliphatic heterocycles. The lowest BCUT2D eigenvalue weighted by Gasteiger charge is -2.19. The molecule has 4 aromatic rings. The van der Waals surface area contributed by atoms with Crippen LogP contribution in [0.2, 0.25) is 10.0 Å². The Kier molecular flexibility index (Phi) is 5.02. The Balaban J connectivity index is 1.84. The maximum atomic E-state index is 13.0. The number of aromatic amines is 1. The Bertz CT molecular complexity index is 1080. The molecule has 1 N–H and O–H groups in total. The van der Waals surface area contributed by atoms with Crippen molar-refractivity contribution in [3.05, 3.63) is 106 Å². The number of H-pyrrole nitrogens is 1. The van der Waals surface area contributed by atoms with Crippen LogP contribution >= 0.6 is 23.2 Å². The summed E-state index contributed by atoms with van der Waals surface area (Å²) in [6.45, 7) is 0. The standard InChI is InChI=1S/C23H17Cl2NO/c24-19-10-6-11-20(25)23(19)17(13-22(27)15-7-2-1-3-8-15)18-14-26-21-12-5-4-9-16(18)21/h1-12,14,17,26H,13H2/t17-/m1/s1. The SMILES string of the molecule is O=C(C[C@@H](c1c(Cl)cccc1Cl)c1c[nH]c2ccccc12)c1ccccc1. The van der Waals surface area contributed by atoms with Gasteiger partial charge in [-0.25, -0.2) is 0 Å². The summed E-state index contributed by atoms with van der Waals surface area (Å²) in [5, 5.41) is 2.21. The number of para-hydroxylation sites is 1. The van der Waals surface area contributed by atoms with Gasteiger partial charge >= 0.3 is 0 Å². The summed E-state index contributed by atoms with van der Waals surface area (Å²) in [5.41, 5.74) is 3.51. The molecule has 0 aliphatic rings. The highest BCUT2D eigenvalue weighted by Gasteiger charge is 2.25. The van der Waals surface area contributed by atoms with Crippen molar-refractivity contribution < 1.29 is 4.79 Å². The first-order valence-corrected chi connectivity index (χ1v) is 9.49. The van der Waals surface area contributed by atoms with Gasteiger partial charge in [-0.1, -0.05) is 77.8 Å². The van der Waals surface area contributed by atoms with Crippen LogP contribution in [-0.2, 0) is 0 Å². The van der Waals surface area contributed by atoms with E-state index in [1.807, 2.05) is 79.0 Å². The average molecular weight is 394 g/mol. The third-order valence-corrected chi connectivity index (χ3v) is 5.49. The molecule has 0 unspecified atom stereocenters. The van der Waals surface area contributed by atoms with Crippen molar-refractivity contribution >= 4 is 39.9 Å². The normalized spacial score (nSPS) is 12.2. The van der Waals surface area contributed by atoms with Crippen LogP contribution in [0.1, 0.15) is 33.8 Å². The highest BCUT2D eigenvalue weighted by molar-refractivity contribution is 6.36. The van der Waals surface area contributed by atoms with Crippen LogP contribution in [0.15, 0.2) is 79.0 Å². The van der Waals surface area contributed by atoms with Crippen molar-refractivity contribution in [2.75, 3.05) is 0 Å². The first-order valence-electron chi connectivity index (χ1n) is 8.73. The maximum Gasteiger partial charge on any atom is 0.163 e. The van der Waals surface area contributed by atoms with E-state index >= 15 is 0 Å². The molecule has 4 heteroatoms. The average Bonchev–Trinajstić information content (AvgIpc) is 3.11. The van der Waals surface area contributed by atoms with Gasteiger partial charge in [0.15, 0.2) is 5.78 Å². The highest BCUT2D eigenvalue weighted by Crippen LogP contribution is 2.40. The molecular weight excluding hydrogens is 377 g/mol. The second-order valence-corrected chi connectivity index (χ2v) is 7.29. The number of rotatable bonds is 5. The molecule has 0 fully saturated rings. The molecule has 0 spiro atoms. The van der Waals surface area contributed by atoms with Gasteiger partial charge in [0.1, 0.15) is 0 Å². The van der Waals surface area contributed by atoms with Crippen molar-refractivity contribution in [3.63, 3.8) is 0 Å². The van der Waals surface area contributed by atoms with E-state index in [-0.39, 0.29) is 18.1 Å². The lowest BCUT2D eigenvalue weighted by atomic mass is 9.85. The topological polar surface area (TPSA) is 32.9 Å². The van der Waals surface area contributed by atoms with E-state index in [1.54, 1.807) is 0 Å². The molecule has 3 aromatic carbocycles. The quantitative estimate of drug-likeness (QED) is 0.368. The molecule has 2 nitrogen and oxygen atoms in total. The number of benzene rings is 3. The number of carbonyl (C=O) groups excluding carboxylic acids is 1. The van der Waals surface area contributed by atoms with Gasteiger partial charge < -0.3 is 4.98 Å². The molecule has 0 amide bonds. The fourth-order valence-electron chi connectivity index (χ4n) is 3.52. The summed E-state index contributed by atoms with van der Waals surface area (Å²) in [4.78, 5) is 16.3. The third-order valence-electron chi connectivity index (χ3n) is 4.83. The van der Waals surface area contributed by atoms with Gasteiger partial charge in [0.25, 0.3) is 0 Å². The first-order chi connectivity index (χ1) is 13.1. The Hall–Kier alpha value is -2.55. The number of halogens is 2. The summed E-state index contributed by atoms with van der Waals surface area (Å²) in [6, 6.07) is 22.8. The molecule has 0 radical (unpaired) electrons. The predicted octanol–water partition coefficient (Wildman–Crippen LogP) is 6.88. The van der Waals surface area contributed by atoms with Gasteiger partial charge in [-0.05, 0) is 29.3 Å². The summed E-state index contributed by atoms with van der Waals surface area (Å²) >= 11 is 13.0. The monoisotopic (exact) mass is 393 g/mol. The van der Waals surface area contributed by atoms with Crippen molar-refractivity contribution in [1.29, 1.82) is 0 Å². The number of nitrogens with one attached hydrogen (secondary N) is 1. The predicted molar refractivity (Wildman–Crippen MR) is 112 cm³/mol. The maximum absolute atomic E-state index is 13.0. The second-order valence-electron chi connectivity index (χ2n) is 6.47. The number of hydrogen-bond donors (Lipinski definition) is 1. The summed E-state index contributed by atoms with van der Waals surface area (Å²) in [5.74, 6) is -0.183. The van der Waals surface area contributed by atoms with Gasteiger partial charge in [0, 0.05) is 45.0 Å². The lowest BCUT2D eigenvalue weighted by molar-refractivity contribution is 0.0978. The number of hydrogen-bond acceptors (Lipinski definition) is 1. The van der Waals surface area contributed by atoms with E-state index in [9.17, 15) is 4.79 Å².